The van der Waals surface area contributed by atoms with Gasteiger partial charge >= 0.3 is 5.69 Å². The van der Waals surface area contributed by atoms with E-state index in [1.165, 1.54) is 10.8 Å². The molecule has 0 saturated carbocycles. The molecule has 0 aliphatic rings. The molecule has 0 aliphatic heterocycles. The molecule has 122 valence electrons. The van der Waals surface area contributed by atoms with Crippen LogP contribution < -0.4 is 11.4 Å². The molecule has 3 aromatic rings. The minimum atomic E-state index is -0.514. The van der Waals surface area contributed by atoms with Crippen molar-refractivity contribution >= 4 is 40.6 Å². The molecule has 0 aliphatic carbocycles. The summed E-state index contributed by atoms with van der Waals surface area (Å²) < 4.78 is 1.27. The summed E-state index contributed by atoms with van der Waals surface area (Å²) in [5, 5.41) is 1.41. The molecular formula is C17H12Cl3N3O. The summed E-state index contributed by atoms with van der Waals surface area (Å²) in [6.45, 7) is 0. The lowest BCUT2D eigenvalue weighted by Gasteiger charge is -2.14. The Morgan fingerprint density at radius 3 is 2.46 bits per heavy atom. The van der Waals surface area contributed by atoms with Crippen LogP contribution in [0.15, 0.2) is 53.5 Å². The highest BCUT2D eigenvalue weighted by atomic mass is 35.5. The van der Waals surface area contributed by atoms with Gasteiger partial charge in [0.1, 0.15) is 5.82 Å². The molecule has 0 spiro atoms. The Labute approximate surface area is 153 Å². The number of hydrogen-bond acceptors (Lipinski definition) is 3. The molecule has 0 fully saturated rings. The fraction of sp³-hybridized carbons (Fsp3) is 0.0588. The third kappa shape index (κ3) is 3.26. The van der Waals surface area contributed by atoms with Crippen molar-refractivity contribution in [3.8, 4) is 5.69 Å². The van der Waals surface area contributed by atoms with Gasteiger partial charge in [-0.15, -0.1) is 0 Å². The number of rotatable bonds is 3. The monoisotopic (exact) mass is 379 g/mol. The van der Waals surface area contributed by atoms with Gasteiger partial charge in [-0.2, -0.15) is 0 Å². The van der Waals surface area contributed by atoms with E-state index in [2.05, 4.69) is 4.98 Å². The van der Waals surface area contributed by atoms with Gasteiger partial charge in [0.2, 0.25) is 0 Å². The standard InChI is InChI=1S/C17H12Cl3N3O/c18-12-5-6-15(14(20)8-12)23-16(21)11(9-22-17(23)24)7-10-3-1-2-4-13(10)19/h1-6,8-9H,7,21H2. The van der Waals surface area contributed by atoms with Crippen molar-refractivity contribution in [2.75, 3.05) is 5.73 Å². The molecular weight excluding hydrogens is 369 g/mol. The Balaban J connectivity index is 2.12. The fourth-order valence-electron chi connectivity index (χ4n) is 2.38. The summed E-state index contributed by atoms with van der Waals surface area (Å²) in [6.07, 6.45) is 1.91. The van der Waals surface area contributed by atoms with Gasteiger partial charge in [-0.3, -0.25) is 0 Å². The fourth-order valence-corrected chi connectivity index (χ4v) is 3.08. The Hall–Kier alpha value is -2.01. The predicted octanol–water partition coefficient (Wildman–Crippen LogP) is 4.37. The van der Waals surface area contributed by atoms with Gasteiger partial charge in [-0.1, -0.05) is 53.0 Å². The minimum Gasteiger partial charge on any atom is -0.384 e. The normalized spacial score (nSPS) is 10.8. The largest absolute Gasteiger partial charge is 0.384 e. The Kier molecular flexibility index (Phi) is 4.81. The molecule has 1 heterocycles. The summed E-state index contributed by atoms with van der Waals surface area (Å²) in [5.74, 6) is 0.263. The number of nitrogen functional groups attached to an aromatic ring is 1. The summed E-state index contributed by atoms with van der Waals surface area (Å²) in [7, 11) is 0. The van der Waals surface area contributed by atoms with Gasteiger partial charge in [0.05, 0.1) is 10.7 Å². The van der Waals surface area contributed by atoms with Crippen LogP contribution in [0.2, 0.25) is 15.1 Å². The lowest BCUT2D eigenvalue weighted by molar-refractivity contribution is 0.902. The van der Waals surface area contributed by atoms with Crippen molar-refractivity contribution in [3.05, 3.63) is 85.3 Å². The highest BCUT2D eigenvalue weighted by Gasteiger charge is 2.14. The third-order valence-electron chi connectivity index (χ3n) is 3.58. The average molecular weight is 381 g/mol. The highest BCUT2D eigenvalue weighted by Crippen LogP contribution is 2.27. The number of nitrogens with zero attached hydrogens (tertiary/aromatic N) is 2. The number of halogens is 3. The maximum atomic E-state index is 12.2. The van der Waals surface area contributed by atoms with Gasteiger partial charge in [0.15, 0.2) is 0 Å². The van der Waals surface area contributed by atoms with Crippen molar-refractivity contribution < 1.29 is 0 Å². The first-order valence-electron chi connectivity index (χ1n) is 7.02. The van der Waals surface area contributed by atoms with Crippen LogP contribution in [0, 0.1) is 0 Å². The van der Waals surface area contributed by atoms with E-state index in [1.54, 1.807) is 24.3 Å². The molecule has 3 rings (SSSR count). The van der Waals surface area contributed by atoms with E-state index >= 15 is 0 Å². The zero-order valence-electron chi connectivity index (χ0n) is 12.3. The summed E-state index contributed by atoms with van der Waals surface area (Å²) in [4.78, 5) is 16.1. The summed E-state index contributed by atoms with van der Waals surface area (Å²) >= 11 is 18.3. The van der Waals surface area contributed by atoms with Crippen LogP contribution in [0.3, 0.4) is 0 Å². The Bertz CT molecular complexity index is 970. The molecule has 0 amide bonds. The maximum absolute atomic E-state index is 12.2. The van der Waals surface area contributed by atoms with E-state index in [0.29, 0.717) is 32.7 Å². The Morgan fingerprint density at radius 1 is 1.00 bits per heavy atom. The molecule has 0 bridgehead atoms. The van der Waals surface area contributed by atoms with E-state index < -0.39 is 5.69 Å². The van der Waals surface area contributed by atoms with Crippen molar-refractivity contribution in [2.24, 2.45) is 0 Å². The number of nitrogens with two attached hydrogens (primary N) is 1. The first-order valence-corrected chi connectivity index (χ1v) is 8.16. The van der Waals surface area contributed by atoms with Gasteiger partial charge < -0.3 is 5.73 Å². The third-order valence-corrected chi connectivity index (χ3v) is 4.49. The molecule has 4 nitrogen and oxygen atoms in total. The minimum absolute atomic E-state index is 0.263. The maximum Gasteiger partial charge on any atom is 0.353 e. The summed E-state index contributed by atoms with van der Waals surface area (Å²) in [6, 6.07) is 12.2. The number of hydrogen-bond donors (Lipinski definition) is 1. The summed E-state index contributed by atoms with van der Waals surface area (Å²) in [5.41, 5.74) is 7.69. The van der Waals surface area contributed by atoms with Crippen LogP contribution in [0.25, 0.3) is 5.69 Å². The first-order chi connectivity index (χ1) is 11.5. The molecule has 7 heteroatoms. The molecule has 2 aromatic carbocycles. The predicted molar refractivity (Wildman–Crippen MR) is 98.5 cm³/mol. The van der Waals surface area contributed by atoms with E-state index in [-0.39, 0.29) is 5.82 Å². The molecule has 1 aromatic heterocycles. The van der Waals surface area contributed by atoms with Gasteiger partial charge in [-0.05, 0) is 29.8 Å². The number of benzene rings is 2. The van der Waals surface area contributed by atoms with Crippen LogP contribution >= 0.6 is 34.8 Å². The van der Waals surface area contributed by atoms with E-state index in [9.17, 15) is 4.79 Å². The smallest absolute Gasteiger partial charge is 0.353 e. The molecule has 0 saturated heterocycles. The van der Waals surface area contributed by atoms with Crippen LogP contribution in [-0.4, -0.2) is 9.55 Å². The molecule has 24 heavy (non-hydrogen) atoms. The topological polar surface area (TPSA) is 60.9 Å². The second-order valence-corrected chi connectivity index (χ2v) is 6.40. The van der Waals surface area contributed by atoms with E-state index in [0.717, 1.165) is 5.56 Å². The highest BCUT2D eigenvalue weighted by molar-refractivity contribution is 6.35. The second-order valence-electron chi connectivity index (χ2n) is 5.15. The lowest BCUT2D eigenvalue weighted by Crippen LogP contribution is -2.25. The second kappa shape index (κ2) is 6.85. The van der Waals surface area contributed by atoms with E-state index in [1.807, 2.05) is 18.2 Å². The van der Waals surface area contributed by atoms with Crippen molar-refractivity contribution in [3.63, 3.8) is 0 Å². The van der Waals surface area contributed by atoms with Crippen LogP contribution in [0.4, 0.5) is 5.82 Å². The van der Waals surface area contributed by atoms with Crippen molar-refractivity contribution in [2.45, 2.75) is 6.42 Å². The lowest BCUT2D eigenvalue weighted by atomic mass is 10.1. The number of aromatic nitrogens is 2. The van der Waals surface area contributed by atoms with E-state index in [4.69, 9.17) is 40.5 Å². The van der Waals surface area contributed by atoms with Crippen molar-refractivity contribution in [1.82, 2.24) is 9.55 Å². The van der Waals surface area contributed by atoms with Crippen LogP contribution in [0.5, 0.6) is 0 Å². The SMILES string of the molecule is Nc1c(Cc2ccccc2Cl)cnc(=O)n1-c1ccc(Cl)cc1Cl. The van der Waals surface area contributed by atoms with Gasteiger partial charge in [0, 0.05) is 28.2 Å². The zero-order chi connectivity index (χ0) is 17.3. The quantitative estimate of drug-likeness (QED) is 0.734. The zero-order valence-corrected chi connectivity index (χ0v) is 14.6. The first kappa shape index (κ1) is 16.8. The Morgan fingerprint density at radius 2 is 1.75 bits per heavy atom. The van der Waals surface area contributed by atoms with Crippen LogP contribution in [0.1, 0.15) is 11.1 Å². The molecule has 0 atom stereocenters. The van der Waals surface area contributed by atoms with Gasteiger partial charge in [-0.25, -0.2) is 14.3 Å². The molecule has 0 radical (unpaired) electrons. The van der Waals surface area contributed by atoms with Crippen molar-refractivity contribution in [1.29, 1.82) is 0 Å². The average Bonchev–Trinajstić information content (AvgIpc) is 2.54. The van der Waals surface area contributed by atoms with Gasteiger partial charge in [0.25, 0.3) is 0 Å². The number of anilines is 1. The molecule has 2 N–H and O–H groups in total. The van der Waals surface area contributed by atoms with Crippen LogP contribution in [-0.2, 0) is 6.42 Å². The molecule has 0 unspecified atom stereocenters.